The fraction of sp³-hybridized carbons (Fsp3) is 0.381. The molecule has 0 unspecified atom stereocenters. The van der Waals surface area contributed by atoms with Crippen LogP contribution in [0.5, 0.6) is 0 Å². The van der Waals surface area contributed by atoms with Gasteiger partial charge in [-0.2, -0.15) is 0 Å². The van der Waals surface area contributed by atoms with Crippen LogP contribution in [0, 0.1) is 13.8 Å². The van der Waals surface area contributed by atoms with Gasteiger partial charge in [-0.05, 0) is 43.5 Å². The van der Waals surface area contributed by atoms with Gasteiger partial charge in [-0.25, -0.2) is 4.98 Å². The first kappa shape index (κ1) is 20.4. The number of anilines is 1. The summed E-state index contributed by atoms with van der Waals surface area (Å²) in [7, 11) is 2.00. The summed E-state index contributed by atoms with van der Waals surface area (Å²) in [6.07, 6.45) is 2.04. The van der Waals surface area contributed by atoms with Gasteiger partial charge < -0.3 is 15.5 Å². The Morgan fingerprint density at radius 2 is 1.96 bits per heavy atom. The van der Waals surface area contributed by atoms with E-state index in [1.165, 1.54) is 11.1 Å². The van der Waals surface area contributed by atoms with Gasteiger partial charge in [-0.1, -0.05) is 30.3 Å². The number of carbonyl (C=O) groups excluding carboxylic acids is 1. The molecule has 1 aromatic heterocycles. The fourth-order valence-electron chi connectivity index (χ4n) is 2.60. The van der Waals surface area contributed by atoms with E-state index in [-0.39, 0.29) is 5.91 Å². The van der Waals surface area contributed by atoms with Crippen molar-refractivity contribution in [3.8, 4) is 0 Å². The quantitative estimate of drug-likeness (QED) is 0.583. The number of nitrogens with zero attached hydrogens (tertiary/aromatic N) is 3. The Labute approximate surface area is 161 Å². The molecule has 1 aromatic carbocycles. The van der Waals surface area contributed by atoms with Crippen LogP contribution in [0.1, 0.15) is 30.0 Å². The molecular formula is C21H29N5O. The highest BCUT2D eigenvalue weighted by atomic mass is 16.1. The smallest absolute Gasteiger partial charge is 0.227 e. The average Bonchev–Trinajstić information content (AvgIpc) is 2.65. The Balaban J connectivity index is 1.91. The van der Waals surface area contributed by atoms with Crippen molar-refractivity contribution in [3.05, 3.63) is 59.3 Å². The van der Waals surface area contributed by atoms with Crippen LogP contribution >= 0.6 is 0 Å². The molecule has 1 heterocycles. The van der Waals surface area contributed by atoms with Crippen LogP contribution in [-0.2, 0) is 11.3 Å². The van der Waals surface area contributed by atoms with Crippen LogP contribution in [0.4, 0.5) is 5.82 Å². The molecule has 0 aliphatic heterocycles. The van der Waals surface area contributed by atoms with Crippen LogP contribution in [0.15, 0.2) is 47.6 Å². The standard InChI is InChI=1S/C21H29N5O/c1-5-22-21(26(4)15-18-9-7-6-8-17(18)3)23-13-12-20(27)25-19-11-10-16(2)14-24-19/h6-11,14H,5,12-13,15H2,1-4H3,(H,22,23)(H,24,25,27). The van der Waals surface area contributed by atoms with E-state index in [9.17, 15) is 4.79 Å². The van der Waals surface area contributed by atoms with Crippen molar-refractivity contribution in [1.29, 1.82) is 0 Å². The molecule has 0 atom stereocenters. The minimum Gasteiger partial charge on any atom is -0.357 e. The number of benzene rings is 1. The van der Waals surface area contributed by atoms with Crippen molar-refractivity contribution in [2.75, 3.05) is 25.5 Å². The second-order valence-corrected chi connectivity index (χ2v) is 6.54. The van der Waals surface area contributed by atoms with E-state index in [0.717, 1.165) is 24.6 Å². The highest BCUT2D eigenvalue weighted by Crippen LogP contribution is 2.09. The number of rotatable bonds is 7. The number of aliphatic imine (C=N–C) groups is 1. The number of amides is 1. The molecule has 27 heavy (non-hydrogen) atoms. The molecule has 0 saturated carbocycles. The average molecular weight is 367 g/mol. The molecule has 6 heteroatoms. The lowest BCUT2D eigenvalue weighted by atomic mass is 10.1. The maximum Gasteiger partial charge on any atom is 0.227 e. The van der Waals surface area contributed by atoms with E-state index in [1.54, 1.807) is 12.3 Å². The van der Waals surface area contributed by atoms with Crippen molar-refractivity contribution < 1.29 is 4.79 Å². The molecular weight excluding hydrogens is 338 g/mol. The summed E-state index contributed by atoms with van der Waals surface area (Å²) in [6, 6.07) is 12.0. The summed E-state index contributed by atoms with van der Waals surface area (Å²) < 4.78 is 0. The molecule has 2 aromatic rings. The van der Waals surface area contributed by atoms with Gasteiger partial charge in [0.05, 0.1) is 6.54 Å². The van der Waals surface area contributed by atoms with Crippen molar-refractivity contribution in [3.63, 3.8) is 0 Å². The van der Waals surface area contributed by atoms with Gasteiger partial charge in [0.25, 0.3) is 0 Å². The lowest BCUT2D eigenvalue weighted by Crippen LogP contribution is -2.38. The molecule has 2 rings (SSSR count). The summed E-state index contributed by atoms with van der Waals surface area (Å²) in [4.78, 5) is 22.9. The van der Waals surface area contributed by atoms with Crippen LogP contribution in [-0.4, -0.2) is 41.9 Å². The zero-order valence-electron chi connectivity index (χ0n) is 16.6. The Kier molecular flexibility index (Phi) is 7.79. The number of nitrogens with one attached hydrogen (secondary N) is 2. The second-order valence-electron chi connectivity index (χ2n) is 6.54. The number of pyridine rings is 1. The van der Waals surface area contributed by atoms with Crippen LogP contribution in [0.25, 0.3) is 0 Å². The van der Waals surface area contributed by atoms with Crippen molar-refractivity contribution in [2.24, 2.45) is 4.99 Å². The minimum absolute atomic E-state index is 0.0903. The first-order valence-corrected chi connectivity index (χ1v) is 9.26. The van der Waals surface area contributed by atoms with Crippen molar-refractivity contribution >= 4 is 17.7 Å². The maximum atomic E-state index is 12.1. The molecule has 0 fully saturated rings. The lowest BCUT2D eigenvalue weighted by molar-refractivity contribution is -0.116. The summed E-state index contributed by atoms with van der Waals surface area (Å²) in [6.45, 7) is 8.05. The highest BCUT2D eigenvalue weighted by molar-refractivity contribution is 5.90. The van der Waals surface area contributed by atoms with E-state index in [2.05, 4.69) is 44.6 Å². The molecule has 0 aliphatic rings. The maximum absolute atomic E-state index is 12.1. The van der Waals surface area contributed by atoms with Gasteiger partial charge in [-0.15, -0.1) is 0 Å². The fourth-order valence-corrected chi connectivity index (χ4v) is 2.60. The number of carbonyl (C=O) groups is 1. The first-order valence-electron chi connectivity index (χ1n) is 9.26. The zero-order chi connectivity index (χ0) is 19.6. The van der Waals surface area contributed by atoms with E-state index in [1.807, 2.05) is 39.1 Å². The Bertz CT molecular complexity index is 770. The summed E-state index contributed by atoms with van der Waals surface area (Å²) >= 11 is 0. The summed E-state index contributed by atoms with van der Waals surface area (Å²) in [5.41, 5.74) is 3.57. The number of aromatic nitrogens is 1. The predicted octanol–water partition coefficient (Wildman–Crippen LogP) is 3.12. The largest absolute Gasteiger partial charge is 0.357 e. The summed E-state index contributed by atoms with van der Waals surface area (Å²) in [5.74, 6) is 1.27. The predicted molar refractivity (Wildman–Crippen MR) is 111 cm³/mol. The van der Waals surface area contributed by atoms with Gasteiger partial charge in [0.15, 0.2) is 5.96 Å². The minimum atomic E-state index is -0.0903. The van der Waals surface area contributed by atoms with E-state index in [4.69, 9.17) is 0 Å². The second kappa shape index (κ2) is 10.3. The topological polar surface area (TPSA) is 69.6 Å². The van der Waals surface area contributed by atoms with Gasteiger partial charge in [0.2, 0.25) is 5.91 Å². The molecule has 0 spiro atoms. The third-order valence-corrected chi connectivity index (χ3v) is 4.14. The number of hydrogen-bond acceptors (Lipinski definition) is 3. The van der Waals surface area contributed by atoms with Crippen molar-refractivity contribution in [1.82, 2.24) is 15.2 Å². The molecule has 144 valence electrons. The number of aryl methyl sites for hydroxylation is 2. The number of guanidine groups is 1. The Hall–Kier alpha value is -2.89. The molecule has 0 saturated heterocycles. The third kappa shape index (κ3) is 6.73. The van der Waals surface area contributed by atoms with E-state index < -0.39 is 0 Å². The summed E-state index contributed by atoms with van der Waals surface area (Å²) in [5, 5.41) is 6.08. The molecule has 0 aliphatic carbocycles. The lowest BCUT2D eigenvalue weighted by Gasteiger charge is -2.23. The van der Waals surface area contributed by atoms with E-state index >= 15 is 0 Å². The van der Waals surface area contributed by atoms with Gasteiger partial charge in [-0.3, -0.25) is 9.79 Å². The Morgan fingerprint density at radius 1 is 1.19 bits per heavy atom. The number of hydrogen-bond donors (Lipinski definition) is 2. The zero-order valence-corrected chi connectivity index (χ0v) is 16.6. The normalized spacial score (nSPS) is 11.2. The SMILES string of the molecule is CCNC(=NCCC(=O)Nc1ccc(C)cn1)N(C)Cc1ccccc1C. The van der Waals surface area contributed by atoms with Crippen LogP contribution < -0.4 is 10.6 Å². The Morgan fingerprint density at radius 3 is 2.63 bits per heavy atom. The molecule has 2 N–H and O–H groups in total. The monoisotopic (exact) mass is 367 g/mol. The van der Waals surface area contributed by atoms with Gasteiger partial charge >= 0.3 is 0 Å². The molecule has 1 amide bonds. The van der Waals surface area contributed by atoms with Crippen LogP contribution in [0.2, 0.25) is 0 Å². The van der Waals surface area contributed by atoms with Crippen LogP contribution in [0.3, 0.4) is 0 Å². The molecule has 0 radical (unpaired) electrons. The highest BCUT2D eigenvalue weighted by Gasteiger charge is 2.09. The molecule has 0 bridgehead atoms. The molecule has 6 nitrogen and oxygen atoms in total. The first-order chi connectivity index (χ1) is 13.0. The van der Waals surface area contributed by atoms with Gasteiger partial charge in [0.1, 0.15) is 5.82 Å². The van der Waals surface area contributed by atoms with E-state index in [0.29, 0.717) is 18.8 Å². The van der Waals surface area contributed by atoms with Gasteiger partial charge in [0, 0.05) is 32.8 Å². The third-order valence-electron chi connectivity index (χ3n) is 4.14. The van der Waals surface area contributed by atoms with Crippen molar-refractivity contribution in [2.45, 2.75) is 33.7 Å².